The van der Waals surface area contributed by atoms with Crippen molar-refractivity contribution < 1.29 is 14.7 Å². The maximum Gasteiger partial charge on any atom is 0.315 e. The van der Waals surface area contributed by atoms with Gasteiger partial charge in [-0.3, -0.25) is 4.79 Å². The normalized spacial score (nSPS) is 20.8. The molecule has 0 bridgehead atoms. The molecule has 2 aliphatic rings. The van der Waals surface area contributed by atoms with E-state index in [0.717, 1.165) is 25.7 Å². The van der Waals surface area contributed by atoms with Crippen molar-refractivity contribution >= 4 is 17.6 Å². The first-order chi connectivity index (χ1) is 12.5. The number of piperidine rings is 1. The molecule has 0 radical (unpaired) electrons. The van der Waals surface area contributed by atoms with Gasteiger partial charge >= 0.3 is 6.03 Å². The van der Waals surface area contributed by atoms with Crippen LogP contribution in [0, 0.1) is 5.92 Å². The smallest absolute Gasteiger partial charge is 0.315 e. The van der Waals surface area contributed by atoms with Gasteiger partial charge in [-0.1, -0.05) is 18.9 Å². The van der Waals surface area contributed by atoms with Crippen LogP contribution in [0.3, 0.4) is 0 Å². The number of para-hydroxylation sites is 1. The number of hydrogen-bond acceptors (Lipinski definition) is 4. The molecule has 1 saturated heterocycles. The third kappa shape index (κ3) is 4.39. The highest BCUT2D eigenvalue weighted by molar-refractivity contribution is 5.98. The second-order valence-corrected chi connectivity index (χ2v) is 7.34. The molecule has 1 aliphatic carbocycles. The lowest BCUT2D eigenvalue weighted by molar-refractivity contribution is 0.0672. The molecule has 0 spiro atoms. The van der Waals surface area contributed by atoms with Crippen molar-refractivity contribution in [3.8, 4) is 5.75 Å². The standard InChI is InChI=1S/C19H28N4O3/c20-16-9-3-8-15(17(16)24)18(25)23-10-4-5-13(12-23)11-21-19(26)22-14-6-1-2-7-14/h3,8-9,13-14,24H,1-2,4-7,10-12,20H2,(H2,21,22,26). The van der Waals surface area contributed by atoms with Gasteiger partial charge in [0.25, 0.3) is 5.91 Å². The van der Waals surface area contributed by atoms with Gasteiger partial charge in [-0.25, -0.2) is 4.79 Å². The highest BCUT2D eigenvalue weighted by Crippen LogP contribution is 2.27. The van der Waals surface area contributed by atoms with E-state index < -0.39 is 0 Å². The molecule has 0 aromatic heterocycles. The molecule has 1 unspecified atom stereocenters. The van der Waals surface area contributed by atoms with Crippen LogP contribution < -0.4 is 16.4 Å². The van der Waals surface area contributed by atoms with Crippen LogP contribution in [0.5, 0.6) is 5.75 Å². The van der Waals surface area contributed by atoms with Crippen molar-refractivity contribution in [1.82, 2.24) is 15.5 Å². The van der Waals surface area contributed by atoms with Crippen molar-refractivity contribution in [2.24, 2.45) is 5.92 Å². The molecule has 1 atom stereocenters. The van der Waals surface area contributed by atoms with Gasteiger partial charge in [0.15, 0.2) is 5.75 Å². The summed E-state index contributed by atoms with van der Waals surface area (Å²) in [4.78, 5) is 26.4. The van der Waals surface area contributed by atoms with Gasteiger partial charge in [-0.15, -0.1) is 0 Å². The second-order valence-electron chi connectivity index (χ2n) is 7.34. The zero-order valence-corrected chi connectivity index (χ0v) is 15.0. The number of urea groups is 1. The van der Waals surface area contributed by atoms with Gasteiger partial charge in [0.1, 0.15) is 0 Å². The van der Waals surface area contributed by atoms with E-state index in [1.165, 1.54) is 12.8 Å². The van der Waals surface area contributed by atoms with Gasteiger partial charge in [0, 0.05) is 25.7 Å². The molecule has 7 nitrogen and oxygen atoms in total. The van der Waals surface area contributed by atoms with Gasteiger partial charge in [-0.05, 0) is 43.7 Å². The number of anilines is 1. The van der Waals surface area contributed by atoms with Crippen LogP contribution in [0.1, 0.15) is 48.9 Å². The molecular formula is C19H28N4O3. The van der Waals surface area contributed by atoms with Gasteiger partial charge < -0.3 is 26.4 Å². The van der Waals surface area contributed by atoms with E-state index in [0.29, 0.717) is 25.7 Å². The fourth-order valence-electron chi connectivity index (χ4n) is 3.86. The lowest BCUT2D eigenvalue weighted by atomic mass is 9.97. The average molecular weight is 360 g/mol. The monoisotopic (exact) mass is 360 g/mol. The molecule has 3 amide bonds. The number of nitrogens with zero attached hydrogens (tertiary/aromatic N) is 1. The Hall–Kier alpha value is -2.44. The molecule has 2 fully saturated rings. The second kappa shape index (κ2) is 8.29. The molecule has 1 heterocycles. The minimum absolute atomic E-state index is 0.117. The Balaban J connectivity index is 1.51. The fourth-order valence-corrected chi connectivity index (χ4v) is 3.86. The molecule has 7 heteroatoms. The summed E-state index contributed by atoms with van der Waals surface area (Å²) in [6.45, 7) is 1.76. The van der Waals surface area contributed by atoms with Crippen molar-refractivity contribution in [3.05, 3.63) is 23.8 Å². The summed E-state index contributed by atoms with van der Waals surface area (Å²) < 4.78 is 0. The number of phenols is 1. The number of amides is 3. The van der Waals surface area contributed by atoms with Crippen LogP contribution >= 0.6 is 0 Å². The zero-order chi connectivity index (χ0) is 18.5. The van der Waals surface area contributed by atoms with Crippen LogP contribution in [-0.2, 0) is 0 Å². The number of likely N-dealkylation sites (tertiary alicyclic amines) is 1. The summed E-state index contributed by atoms with van der Waals surface area (Å²) in [7, 11) is 0. The highest BCUT2D eigenvalue weighted by atomic mass is 16.3. The number of aromatic hydroxyl groups is 1. The summed E-state index contributed by atoms with van der Waals surface area (Å²) in [6.07, 6.45) is 6.33. The Labute approximate surface area is 153 Å². The molecule has 1 aromatic rings. The average Bonchev–Trinajstić information content (AvgIpc) is 3.15. The van der Waals surface area contributed by atoms with Crippen LogP contribution in [0.2, 0.25) is 0 Å². The van der Waals surface area contributed by atoms with Crippen molar-refractivity contribution in [1.29, 1.82) is 0 Å². The largest absolute Gasteiger partial charge is 0.505 e. The lowest BCUT2D eigenvalue weighted by Gasteiger charge is -2.33. The van der Waals surface area contributed by atoms with E-state index in [9.17, 15) is 14.7 Å². The van der Waals surface area contributed by atoms with Gasteiger partial charge in [0.05, 0.1) is 11.3 Å². The lowest BCUT2D eigenvalue weighted by Crippen LogP contribution is -2.47. The van der Waals surface area contributed by atoms with Crippen LogP contribution in [-0.4, -0.2) is 47.6 Å². The van der Waals surface area contributed by atoms with Crippen LogP contribution in [0.25, 0.3) is 0 Å². The number of nitrogens with two attached hydrogens (primary N) is 1. The maximum absolute atomic E-state index is 12.7. The number of rotatable bonds is 4. The Bertz CT molecular complexity index is 658. The molecule has 3 rings (SSSR count). The molecule has 1 aliphatic heterocycles. The third-order valence-corrected chi connectivity index (χ3v) is 5.35. The van der Waals surface area contributed by atoms with Gasteiger partial charge in [0.2, 0.25) is 0 Å². The minimum atomic E-state index is -0.213. The number of carbonyl (C=O) groups is 2. The number of carbonyl (C=O) groups excluding carboxylic acids is 2. The molecule has 142 valence electrons. The Morgan fingerprint density at radius 2 is 1.96 bits per heavy atom. The number of hydrogen-bond donors (Lipinski definition) is 4. The maximum atomic E-state index is 12.7. The van der Waals surface area contributed by atoms with E-state index in [1.807, 2.05) is 0 Å². The first-order valence-electron chi connectivity index (χ1n) is 9.45. The molecule has 1 saturated carbocycles. The van der Waals surface area contributed by atoms with Crippen LogP contribution in [0.4, 0.5) is 10.5 Å². The first kappa shape index (κ1) is 18.4. The van der Waals surface area contributed by atoms with E-state index in [-0.39, 0.29) is 34.9 Å². The Morgan fingerprint density at radius 3 is 2.73 bits per heavy atom. The predicted octanol–water partition coefficient (Wildman–Crippen LogP) is 2.07. The number of phenolic OH excluding ortho intramolecular Hbond substituents is 1. The summed E-state index contributed by atoms with van der Waals surface area (Å²) in [5.41, 5.74) is 6.13. The summed E-state index contributed by atoms with van der Waals surface area (Å²) in [5, 5.41) is 16.0. The fraction of sp³-hybridized carbons (Fsp3) is 0.579. The number of nitrogen functional groups attached to an aromatic ring is 1. The Kier molecular flexibility index (Phi) is 5.85. The molecule has 1 aromatic carbocycles. The van der Waals surface area contributed by atoms with E-state index in [4.69, 9.17) is 5.73 Å². The van der Waals surface area contributed by atoms with Gasteiger partial charge in [-0.2, -0.15) is 0 Å². The number of nitrogens with one attached hydrogen (secondary N) is 2. The molecular weight excluding hydrogens is 332 g/mol. The van der Waals surface area contributed by atoms with Crippen molar-refractivity contribution in [3.63, 3.8) is 0 Å². The number of benzene rings is 1. The summed E-state index contributed by atoms with van der Waals surface area (Å²) >= 11 is 0. The third-order valence-electron chi connectivity index (χ3n) is 5.35. The molecule has 26 heavy (non-hydrogen) atoms. The summed E-state index contributed by atoms with van der Waals surface area (Å²) in [5.74, 6) is -0.158. The van der Waals surface area contributed by atoms with Crippen molar-refractivity contribution in [2.75, 3.05) is 25.4 Å². The first-order valence-corrected chi connectivity index (χ1v) is 9.45. The quantitative estimate of drug-likeness (QED) is 0.487. The summed E-state index contributed by atoms with van der Waals surface area (Å²) in [6, 6.07) is 5.00. The SMILES string of the molecule is Nc1cccc(C(=O)N2CCCC(CNC(=O)NC3CCCC3)C2)c1O. The topological polar surface area (TPSA) is 108 Å². The van der Waals surface area contributed by atoms with E-state index >= 15 is 0 Å². The Morgan fingerprint density at radius 1 is 1.19 bits per heavy atom. The van der Waals surface area contributed by atoms with E-state index in [2.05, 4.69) is 10.6 Å². The molecule has 5 N–H and O–H groups in total. The van der Waals surface area contributed by atoms with E-state index in [1.54, 1.807) is 23.1 Å². The van der Waals surface area contributed by atoms with Crippen molar-refractivity contribution in [2.45, 2.75) is 44.6 Å². The zero-order valence-electron chi connectivity index (χ0n) is 15.0. The highest BCUT2D eigenvalue weighted by Gasteiger charge is 2.27. The van der Waals surface area contributed by atoms with Crippen LogP contribution in [0.15, 0.2) is 18.2 Å². The minimum Gasteiger partial charge on any atom is -0.505 e. The predicted molar refractivity (Wildman–Crippen MR) is 99.9 cm³/mol.